The number of allylic oxidation sites excluding steroid dienone is 1. The molecule has 4 rings (SSSR count). The SMILES string of the molecule is CC(=O)NC1=C(c2nc3ccccc3s2)C2CCN(CC(=O)O)CC2S1. The molecule has 2 aliphatic rings. The number of benzene rings is 1. The number of hydrogen-bond donors (Lipinski definition) is 2. The third-order valence-corrected chi connectivity index (χ3v) is 7.11. The van der Waals surface area contributed by atoms with E-state index in [0.29, 0.717) is 6.54 Å². The lowest BCUT2D eigenvalue weighted by molar-refractivity contribution is -0.138. The van der Waals surface area contributed by atoms with Crippen LogP contribution in [0.3, 0.4) is 0 Å². The Morgan fingerprint density at radius 3 is 2.92 bits per heavy atom. The summed E-state index contributed by atoms with van der Waals surface area (Å²) in [5, 5.41) is 14.1. The van der Waals surface area contributed by atoms with Crippen molar-refractivity contribution < 1.29 is 14.7 Å². The second-order valence-corrected chi connectivity index (χ2v) is 8.87. The van der Waals surface area contributed by atoms with E-state index in [1.807, 2.05) is 23.1 Å². The normalized spacial score (nSPS) is 23.3. The number of thioether (sulfide) groups is 1. The molecule has 3 heterocycles. The van der Waals surface area contributed by atoms with Crippen LogP contribution in [0, 0.1) is 5.92 Å². The van der Waals surface area contributed by atoms with E-state index in [-0.39, 0.29) is 23.6 Å². The van der Waals surface area contributed by atoms with Crippen molar-refractivity contribution in [3.8, 4) is 0 Å². The molecule has 0 aliphatic carbocycles. The number of rotatable bonds is 4. The molecule has 2 unspecified atom stereocenters. The van der Waals surface area contributed by atoms with Crippen LogP contribution in [0.5, 0.6) is 0 Å². The number of carbonyl (C=O) groups excluding carboxylic acids is 1. The van der Waals surface area contributed by atoms with Gasteiger partial charge >= 0.3 is 5.97 Å². The number of hydrogen-bond acceptors (Lipinski definition) is 6. The molecule has 1 aromatic carbocycles. The Labute approximate surface area is 159 Å². The monoisotopic (exact) mass is 389 g/mol. The van der Waals surface area contributed by atoms with Gasteiger partial charge in [0, 0.05) is 30.2 Å². The molecule has 26 heavy (non-hydrogen) atoms. The predicted octanol–water partition coefficient (Wildman–Crippen LogP) is 2.62. The molecular formula is C18H19N3O3S2. The summed E-state index contributed by atoms with van der Waals surface area (Å²) < 4.78 is 1.13. The fourth-order valence-electron chi connectivity index (χ4n) is 3.65. The molecule has 2 atom stereocenters. The molecule has 0 saturated carbocycles. The zero-order chi connectivity index (χ0) is 18.3. The number of carboxylic acid groups (broad SMARTS) is 1. The molecule has 0 spiro atoms. The van der Waals surface area contributed by atoms with Crippen LogP contribution in [0.4, 0.5) is 0 Å². The molecule has 6 nitrogen and oxygen atoms in total. The van der Waals surface area contributed by atoms with Crippen molar-refractivity contribution in [2.24, 2.45) is 5.92 Å². The number of thiazole rings is 1. The van der Waals surface area contributed by atoms with Crippen LogP contribution in [-0.4, -0.2) is 51.8 Å². The highest BCUT2D eigenvalue weighted by Crippen LogP contribution is 2.50. The number of likely N-dealkylation sites (tertiary alicyclic amines) is 1. The van der Waals surface area contributed by atoms with Crippen LogP contribution in [0.25, 0.3) is 15.8 Å². The largest absolute Gasteiger partial charge is 0.480 e. The minimum absolute atomic E-state index is 0.0652. The number of nitrogens with one attached hydrogen (secondary N) is 1. The third-order valence-electron chi connectivity index (χ3n) is 4.70. The van der Waals surface area contributed by atoms with Gasteiger partial charge in [-0.05, 0) is 25.1 Å². The van der Waals surface area contributed by atoms with Crippen LogP contribution in [0.1, 0.15) is 18.4 Å². The second-order valence-electron chi connectivity index (χ2n) is 6.59. The molecular weight excluding hydrogens is 370 g/mol. The van der Waals surface area contributed by atoms with Crippen molar-refractivity contribution in [2.45, 2.75) is 18.6 Å². The van der Waals surface area contributed by atoms with E-state index in [4.69, 9.17) is 10.1 Å². The second kappa shape index (κ2) is 7.02. The number of aromatic nitrogens is 1. The van der Waals surface area contributed by atoms with Gasteiger partial charge in [-0.1, -0.05) is 12.1 Å². The van der Waals surface area contributed by atoms with E-state index in [9.17, 15) is 9.59 Å². The first-order valence-corrected chi connectivity index (χ1v) is 10.2. The summed E-state index contributed by atoms with van der Waals surface area (Å²) in [5.41, 5.74) is 2.09. The van der Waals surface area contributed by atoms with Crippen LogP contribution >= 0.6 is 23.1 Å². The van der Waals surface area contributed by atoms with Gasteiger partial charge in [-0.15, -0.1) is 23.1 Å². The Balaban J connectivity index is 1.67. The van der Waals surface area contributed by atoms with Crippen LogP contribution in [-0.2, 0) is 9.59 Å². The number of piperidine rings is 1. The van der Waals surface area contributed by atoms with E-state index in [2.05, 4.69) is 11.4 Å². The van der Waals surface area contributed by atoms with E-state index in [1.54, 1.807) is 23.1 Å². The molecule has 136 valence electrons. The first kappa shape index (κ1) is 17.5. The van der Waals surface area contributed by atoms with E-state index in [1.165, 1.54) is 6.92 Å². The standard InChI is InChI=1S/C18H19N3O3S2/c1-10(22)19-17-16(18-20-12-4-2-3-5-13(12)25-18)11-6-7-21(9-15(23)24)8-14(11)26-17/h2-5,11,14H,6-9H2,1H3,(H,19,22)(H,23,24). The molecule has 0 bridgehead atoms. The van der Waals surface area contributed by atoms with Gasteiger partial charge in [0.1, 0.15) is 5.01 Å². The van der Waals surface area contributed by atoms with Crippen molar-refractivity contribution in [3.63, 3.8) is 0 Å². The highest BCUT2D eigenvalue weighted by Gasteiger charge is 2.41. The van der Waals surface area contributed by atoms with Crippen molar-refractivity contribution in [3.05, 3.63) is 34.3 Å². The summed E-state index contributed by atoms with van der Waals surface area (Å²) in [5.74, 6) is -0.604. The van der Waals surface area contributed by atoms with E-state index < -0.39 is 5.97 Å². The van der Waals surface area contributed by atoms with Crippen LogP contribution < -0.4 is 5.32 Å². The lowest BCUT2D eigenvalue weighted by Gasteiger charge is -2.34. The van der Waals surface area contributed by atoms with Crippen LogP contribution in [0.15, 0.2) is 29.3 Å². The lowest BCUT2D eigenvalue weighted by atomic mass is 9.89. The first-order chi connectivity index (χ1) is 12.5. The Bertz CT molecular complexity index is 875. The Morgan fingerprint density at radius 2 is 2.19 bits per heavy atom. The number of para-hydroxylation sites is 1. The zero-order valence-corrected chi connectivity index (χ0v) is 15.9. The molecule has 1 aromatic heterocycles. The van der Waals surface area contributed by atoms with Crippen molar-refractivity contribution in [1.82, 2.24) is 15.2 Å². The maximum Gasteiger partial charge on any atom is 0.317 e. The van der Waals surface area contributed by atoms with Gasteiger partial charge in [0.05, 0.1) is 21.8 Å². The number of carboxylic acids is 1. The molecule has 1 saturated heterocycles. The number of amides is 1. The Kier molecular flexibility index (Phi) is 4.73. The number of carbonyl (C=O) groups is 2. The molecule has 2 aromatic rings. The quantitative estimate of drug-likeness (QED) is 0.837. The van der Waals surface area contributed by atoms with Gasteiger partial charge in [-0.25, -0.2) is 4.98 Å². The van der Waals surface area contributed by atoms with Gasteiger partial charge in [-0.2, -0.15) is 0 Å². The van der Waals surface area contributed by atoms with Gasteiger partial charge in [-0.3, -0.25) is 14.5 Å². The Hall–Kier alpha value is -1.90. The predicted molar refractivity (Wildman–Crippen MR) is 104 cm³/mol. The topological polar surface area (TPSA) is 82.5 Å². The van der Waals surface area contributed by atoms with Gasteiger partial charge < -0.3 is 10.4 Å². The fraction of sp³-hybridized carbons (Fsp3) is 0.389. The Morgan fingerprint density at radius 1 is 1.38 bits per heavy atom. The lowest BCUT2D eigenvalue weighted by Crippen LogP contribution is -2.43. The van der Waals surface area contributed by atoms with E-state index in [0.717, 1.165) is 38.8 Å². The summed E-state index contributed by atoms with van der Waals surface area (Å²) in [6, 6.07) is 8.04. The summed E-state index contributed by atoms with van der Waals surface area (Å²) in [6.07, 6.45) is 0.874. The molecule has 8 heteroatoms. The van der Waals surface area contributed by atoms with Crippen molar-refractivity contribution in [2.75, 3.05) is 19.6 Å². The molecule has 0 radical (unpaired) electrons. The van der Waals surface area contributed by atoms with Crippen molar-refractivity contribution >= 4 is 50.8 Å². The zero-order valence-electron chi connectivity index (χ0n) is 14.3. The summed E-state index contributed by atoms with van der Waals surface area (Å²) in [7, 11) is 0. The fourth-order valence-corrected chi connectivity index (χ4v) is 6.40. The maximum atomic E-state index is 11.7. The van der Waals surface area contributed by atoms with Gasteiger partial charge in [0.15, 0.2) is 0 Å². The minimum atomic E-state index is -0.798. The summed E-state index contributed by atoms with van der Waals surface area (Å²) in [6.45, 7) is 3.03. The van der Waals surface area contributed by atoms with Gasteiger partial charge in [0.2, 0.25) is 5.91 Å². The number of fused-ring (bicyclic) bond motifs is 2. The molecule has 1 amide bonds. The molecule has 1 fully saturated rings. The van der Waals surface area contributed by atoms with Crippen LogP contribution in [0.2, 0.25) is 0 Å². The first-order valence-electron chi connectivity index (χ1n) is 8.50. The molecule has 2 N–H and O–H groups in total. The average molecular weight is 390 g/mol. The third kappa shape index (κ3) is 3.36. The minimum Gasteiger partial charge on any atom is -0.480 e. The average Bonchev–Trinajstić information content (AvgIpc) is 3.13. The highest BCUT2D eigenvalue weighted by molar-refractivity contribution is 8.04. The van der Waals surface area contributed by atoms with E-state index >= 15 is 0 Å². The number of aliphatic carboxylic acids is 1. The van der Waals surface area contributed by atoms with Gasteiger partial charge in [0.25, 0.3) is 0 Å². The van der Waals surface area contributed by atoms with Crippen molar-refractivity contribution in [1.29, 1.82) is 0 Å². The summed E-state index contributed by atoms with van der Waals surface area (Å²) in [4.78, 5) is 29.5. The maximum absolute atomic E-state index is 11.7. The highest BCUT2D eigenvalue weighted by atomic mass is 32.2. The molecule has 2 aliphatic heterocycles. The smallest absolute Gasteiger partial charge is 0.317 e. The number of nitrogens with zero attached hydrogens (tertiary/aromatic N) is 2. The summed E-state index contributed by atoms with van der Waals surface area (Å²) >= 11 is 3.30.